The molecular formula is C15H11BrClNO2. The third-order valence-electron chi connectivity index (χ3n) is 3.11. The first kappa shape index (κ1) is 13.5. The van der Waals surface area contributed by atoms with E-state index in [9.17, 15) is 5.11 Å². The van der Waals surface area contributed by atoms with Crippen LogP contribution in [0.1, 0.15) is 17.4 Å². The van der Waals surface area contributed by atoms with Crippen LogP contribution in [0.5, 0.6) is 0 Å². The summed E-state index contributed by atoms with van der Waals surface area (Å²) in [6, 6.07) is 12.4. The third-order valence-corrected chi connectivity index (χ3v) is 3.84. The van der Waals surface area contributed by atoms with E-state index in [1.807, 2.05) is 6.07 Å². The molecule has 0 bridgehead atoms. The molecule has 0 saturated heterocycles. The van der Waals surface area contributed by atoms with E-state index < -0.39 is 6.10 Å². The zero-order valence-electron chi connectivity index (χ0n) is 10.3. The van der Waals surface area contributed by atoms with E-state index in [1.54, 1.807) is 36.4 Å². The Bertz CT molecular complexity index is 785. The number of aliphatic hydroxyl groups is 1. The number of nitrogens with two attached hydrogens (primary N) is 1. The quantitative estimate of drug-likeness (QED) is 0.667. The van der Waals surface area contributed by atoms with E-state index in [2.05, 4.69) is 15.9 Å². The first-order valence-corrected chi connectivity index (χ1v) is 7.13. The fourth-order valence-corrected chi connectivity index (χ4v) is 2.66. The van der Waals surface area contributed by atoms with Gasteiger partial charge in [-0.05, 0) is 42.5 Å². The van der Waals surface area contributed by atoms with Crippen LogP contribution in [0.3, 0.4) is 0 Å². The number of hydrogen-bond donors (Lipinski definition) is 2. The molecule has 0 radical (unpaired) electrons. The number of aliphatic hydroxyl groups excluding tert-OH is 1. The lowest BCUT2D eigenvalue weighted by atomic mass is 10.1. The molecule has 0 saturated carbocycles. The number of anilines is 1. The minimum atomic E-state index is -0.918. The number of hydrogen-bond acceptors (Lipinski definition) is 3. The molecule has 20 heavy (non-hydrogen) atoms. The minimum absolute atomic E-state index is 0.437. The highest BCUT2D eigenvalue weighted by Crippen LogP contribution is 2.33. The Labute approximate surface area is 129 Å². The molecule has 3 N–H and O–H groups in total. The van der Waals surface area contributed by atoms with Crippen molar-refractivity contribution in [3.05, 3.63) is 63.3 Å². The molecule has 0 aliphatic carbocycles. The van der Waals surface area contributed by atoms with E-state index in [-0.39, 0.29) is 0 Å². The van der Waals surface area contributed by atoms with Crippen LogP contribution in [0.2, 0.25) is 5.02 Å². The van der Waals surface area contributed by atoms with Gasteiger partial charge in [-0.3, -0.25) is 0 Å². The van der Waals surface area contributed by atoms with Crippen LogP contribution in [-0.4, -0.2) is 5.11 Å². The van der Waals surface area contributed by atoms with Crippen molar-refractivity contribution in [3.63, 3.8) is 0 Å². The Morgan fingerprint density at radius 2 is 1.95 bits per heavy atom. The molecule has 1 heterocycles. The van der Waals surface area contributed by atoms with Gasteiger partial charge in [0, 0.05) is 26.1 Å². The Morgan fingerprint density at radius 1 is 1.15 bits per heavy atom. The summed E-state index contributed by atoms with van der Waals surface area (Å²) in [5.74, 6) is 0.437. The molecule has 0 spiro atoms. The van der Waals surface area contributed by atoms with Crippen molar-refractivity contribution in [2.24, 2.45) is 0 Å². The second kappa shape index (κ2) is 5.13. The van der Waals surface area contributed by atoms with Crippen molar-refractivity contribution >= 4 is 44.2 Å². The Kier molecular flexibility index (Phi) is 3.46. The van der Waals surface area contributed by atoms with E-state index >= 15 is 0 Å². The summed E-state index contributed by atoms with van der Waals surface area (Å²) in [4.78, 5) is 0. The molecule has 2 aromatic carbocycles. The van der Waals surface area contributed by atoms with Gasteiger partial charge in [0.25, 0.3) is 0 Å². The minimum Gasteiger partial charge on any atom is -0.458 e. The van der Waals surface area contributed by atoms with E-state index in [0.29, 0.717) is 27.6 Å². The fraction of sp³-hybridized carbons (Fsp3) is 0.0667. The lowest BCUT2D eigenvalue weighted by Gasteiger charge is -2.11. The van der Waals surface area contributed by atoms with Gasteiger partial charge in [0.1, 0.15) is 17.4 Å². The van der Waals surface area contributed by atoms with Crippen LogP contribution in [0.4, 0.5) is 5.69 Å². The first-order valence-electron chi connectivity index (χ1n) is 5.96. The lowest BCUT2D eigenvalue weighted by Crippen LogP contribution is -2.02. The zero-order valence-corrected chi connectivity index (χ0v) is 12.6. The second-order valence-electron chi connectivity index (χ2n) is 4.51. The summed E-state index contributed by atoms with van der Waals surface area (Å²) in [5, 5.41) is 11.9. The maximum atomic E-state index is 10.4. The molecule has 1 aromatic heterocycles. The Morgan fingerprint density at radius 3 is 2.75 bits per heavy atom. The summed E-state index contributed by atoms with van der Waals surface area (Å²) in [5.41, 5.74) is 7.69. The molecule has 1 atom stereocenters. The summed E-state index contributed by atoms with van der Waals surface area (Å²) in [7, 11) is 0. The summed E-state index contributed by atoms with van der Waals surface area (Å²) in [6.07, 6.45) is -0.918. The van der Waals surface area contributed by atoms with Gasteiger partial charge in [-0.1, -0.05) is 27.5 Å². The number of nitrogen functional groups attached to an aromatic ring is 1. The maximum Gasteiger partial charge on any atom is 0.139 e. The van der Waals surface area contributed by atoms with Gasteiger partial charge in [-0.25, -0.2) is 0 Å². The topological polar surface area (TPSA) is 59.4 Å². The molecule has 0 aliphatic heterocycles. The Balaban J connectivity index is 2.07. The van der Waals surface area contributed by atoms with Crippen molar-refractivity contribution in [2.75, 3.05) is 5.73 Å². The van der Waals surface area contributed by atoms with Crippen LogP contribution in [0, 0.1) is 0 Å². The molecule has 5 heteroatoms. The number of rotatable bonds is 2. The molecule has 0 aliphatic rings. The van der Waals surface area contributed by atoms with Gasteiger partial charge >= 0.3 is 0 Å². The molecular weight excluding hydrogens is 342 g/mol. The smallest absolute Gasteiger partial charge is 0.139 e. The fourth-order valence-electron chi connectivity index (χ4n) is 2.11. The standard InChI is InChI=1S/C15H11BrClNO2/c16-9-1-3-12(18)11(7-9)15(19)14-6-8-5-10(17)2-4-13(8)20-14/h1-7,15,19H,18H2. The molecule has 0 amide bonds. The van der Waals surface area contributed by atoms with Crippen molar-refractivity contribution in [2.45, 2.75) is 6.10 Å². The third kappa shape index (κ3) is 2.42. The average Bonchev–Trinajstić information content (AvgIpc) is 2.83. The van der Waals surface area contributed by atoms with Crippen molar-refractivity contribution in [3.8, 4) is 0 Å². The summed E-state index contributed by atoms with van der Waals surface area (Å²) >= 11 is 9.31. The summed E-state index contributed by atoms with van der Waals surface area (Å²) < 4.78 is 6.50. The van der Waals surface area contributed by atoms with Gasteiger partial charge in [0.15, 0.2) is 0 Å². The zero-order chi connectivity index (χ0) is 14.3. The highest BCUT2D eigenvalue weighted by atomic mass is 79.9. The SMILES string of the molecule is Nc1ccc(Br)cc1C(O)c1cc2cc(Cl)ccc2o1. The number of furan rings is 1. The van der Waals surface area contributed by atoms with Gasteiger partial charge in [-0.2, -0.15) is 0 Å². The largest absolute Gasteiger partial charge is 0.458 e. The first-order chi connectivity index (χ1) is 9.54. The predicted octanol–water partition coefficient (Wildman–Crippen LogP) is 4.51. The van der Waals surface area contributed by atoms with Crippen LogP contribution < -0.4 is 5.73 Å². The molecule has 1 unspecified atom stereocenters. The lowest BCUT2D eigenvalue weighted by molar-refractivity contribution is 0.193. The average molecular weight is 353 g/mol. The van der Waals surface area contributed by atoms with Gasteiger partial charge in [0.05, 0.1) is 0 Å². The van der Waals surface area contributed by atoms with Crippen LogP contribution in [0.15, 0.2) is 51.4 Å². The highest BCUT2D eigenvalue weighted by Gasteiger charge is 2.18. The highest BCUT2D eigenvalue weighted by molar-refractivity contribution is 9.10. The van der Waals surface area contributed by atoms with Crippen molar-refractivity contribution < 1.29 is 9.52 Å². The van der Waals surface area contributed by atoms with Crippen LogP contribution >= 0.6 is 27.5 Å². The van der Waals surface area contributed by atoms with E-state index in [0.717, 1.165) is 9.86 Å². The summed E-state index contributed by atoms with van der Waals surface area (Å²) in [6.45, 7) is 0. The number of halogens is 2. The van der Waals surface area contributed by atoms with Crippen LogP contribution in [0.25, 0.3) is 11.0 Å². The van der Waals surface area contributed by atoms with E-state index in [1.165, 1.54) is 0 Å². The monoisotopic (exact) mass is 351 g/mol. The molecule has 3 rings (SSSR count). The normalized spacial score (nSPS) is 12.8. The van der Waals surface area contributed by atoms with Crippen molar-refractivity contribution in [1.29, 1.82) is 0 Å². The van der Waals surface area contributed by atoms with Gasteiger partial charge < -0.3 is 15.3 Å². The van der Waals surface area contributed by atoms with Crippen LogP contribution in [-0.2, 0) is 0 Å². The number of fused-ring (bicyclic) bond motifs is 1. The molecule has 0 fully saturated rings. The number of benzene rings is 2. The van der Waals surface area contributed by atoms with E-state index in [4.69, 9.17) is 21.8 Å². The van der Waals surface area contributed by atoms with Gasteiger partial charge in [0.2, 0.25) is 0 Å². The molecule has 102 valence electrons. The second-order valence-corrected chi connectivity index (χ2v) is 5.86. The maximum absolute atomic E-state index is 10.4. The molecule has 3 aromatic rings. The van der Waals surface area contributed by atoms with Gasteiger partial charge in [-0.15, -0.1) is 0 Å². The molecule has 3 nitrogen and oxygen atoms in total. The predicted molar refractivity (Wildman–Crippen MR) is 83.8 cm³/mol. The van der Waals surface area contributed by atoms with Crippen molar-refractivity contribution in [1.82, 2.24) is 0 Å². The Hall–Kier alpha value is -1.49.